The molecule has 0 aliphatic heterocycles. The third kappa shape index (κ3) is 4.74. The average Bonchev–Trinajstić information content (AvgIpc) is 2.63. The van der Waals surface area contributed by atoms with Crippen LogP contribution in [0.25, 0.3) is 0 Å². The Morgan fingerprint density at radius 1 is 1.08 bits per heavy atom. The van der Waals surface area contributed by atoms with E-state index >= 15 is 0 Å². The Labute approximate surface area is 153 Å². The minimum atomic E-state index is -3.68. The standard InChI is InChI=1S/C18H22N2O5S/c1-4-19-26(22,23)15-10-11-17(24-3)16(12-15)18(21)20-13-6-8-14(9-7-13)25-5-2/h6-12,19H,4-5H2,1-3H3,(H,20,21). The molecule has 2 rings (SSSR count). The van der Waals surface area contributed by atoms with E-state index in [0.29, 0.717) is 18.0 Å². The van der Waals surface area contributed by atoms with Crippen molar-refractivity contribution in [3.05, 3.63) is 48.0 Å². The summed E-state index contributed by atoms with van der Waals surface area (Å²) in [5.74, 6) is 0.505. The molecular formula is C18H22N2O5S. The Morgan fingerprint density at radius 3 is 2.35 bits per heavy atom. The summed E-state index contributed by atoms with van der Waals surface area (Å²) in [5.41, 5.74) is 0.681. The van der Waals surface area contributed by atoms with E-state index in [9.17, 15) is 13.2 Å². The van der Waals surface area contributed by atoms with Crippen LogP contribution < -0.4 is 19.5 Å². The Bertz CT molecular complexity index is 864. The summed E-state index contributed by atoms with van der Waals surface area (Å²) in [4.78, 5) is 12.6. The topological polar surface area (TPSA) is 93.7 Å². The monoisotopic (exact) mass is 378 g/mol. The molecule has 1 amide bonds. The normalized spacial score (nSPS) is 11.0. The molecule has 0 bridgehead atoms. The van der Waals surface area contributed by atoms with Gasteiger partial charge in [-0.15, -0.1) is 0 Å². The van der Waals surface area contributed by atoms with Crippen LogP contribution in [-0.4, -0.2) is 34.6 Å². The minimum Gasteiger partial charge on any atom is -0.496 e. The molecule has 0 radical (unpaired) electrons. The molecule has 0 aromatic heterocycles. The van der Waals surface area contributed by atoms with E-state index in [1.807, 2.05) is 6.92 Å². The van der Waals surface area contributed by atoms with Gasteiger partial charge in [-0.05, 0) is 49.4 Å². The number of rotatable bonds is 8. The van der Waals surface area contributed by atoms with Crippen molar-refractivity contribution in [2.75, 3.05) is 25.6 Å². The van der Waals surface area contributed by atoms with Crippen LogP contribution >= 0.6 is 0 Å². The SMILES string of the molecule is CCNS(=O)(=O)c1ccc(OC)c(C(=O)Nc2ccc(OCC)cc2)c1. The summed E-state index contributed by atoms with van der Waals surface area (Å²) in [6.45, 7) is 4.37. The Kier molecular flexibility index (Phi) is 6.59. The van der Waals surface area contributed by atoms with Crippen molar-refractivity contribution in [1.29, 1.82) is 0 Å². The third-order valence-corrected chi connectivity index (χ3v) is 5.03. The number of nitrogens with one attached hydrogen (secondary N) is 2. The van der Waals surface area contributed by atoms with Gasteiger partial charge >= 0.3 is 0 Å². The predicted octanol–water partition coefficient (Wildman–Crippen LogP) is 2.64. The fourth-order valence-corrected chi connectivity index (χ4v) is 3.37. The van der Waals surface area contributed by atoms with Crippen molar-refractivity contribution in [3.63, 3.8) is 0 Å². The van der Waals surface area contributed by atoms with Gasteiger partial charge in [0.15, 0.2) is 0 Å². The predicted molar refractivity (Wildman–Crippen MR) is 99.4 cm³/mol. The number of carbonyl (C=O) groups excluding carboxylic acids is 1. The van der Waals surface area contributed by atoms with Gasteiger partial charge in [-0.25, -0.2) is 13.1 Å². The summed E-state index contributed by atoms with van der Waals surface area (Å²) in [6, 6.07) is 11.0. The average molecular weight is 378 g/mol. The van der Waals surface area contributed by atoms with E-state index in [1.165, 1.54) is 25.3 Å². The molecule has 2 aromatic carbocycles. The summed E-state index contributed by atoms with van der Waals surface area (Å²) >= 11 is 0. The smallest absolute Gasteiger partial charge is 0.259 e. The first kappa shape index (κ1) is 19.7. The van der Waals surface area contributed by atoms with Gasteiger partial charge in [-0.3, -0.25) is 4.79 Å². The molecule has 0 aliphatic rings. The quantitative estimate of drug-likeness (QED) is 0.736. The molecule has 8 heteroatoms. The molecule has 0 fully saturated rings. The lowest BCUT2D eigenvalue weighted by Crippen LogP contribution is -2.23. The van der Waals surface area contributed by atoms with Crippen LogP contribution in [0.5, 0.6) is 11.5 Å². The van der Waals surface area contributed by atoms with Crippen LogP contribution in [0.1, 0.15) is 24.2 Å². The summed E-state index contributed by atoms with van der Waals surface area (Å²) in [7, 11) is -2.26. The molecule has 0 saturated carbocycles. The number of hydrogen-bond acceptors (Lipinski definition) is 5. The number of hydrogen-bond donors (Lipinski definition) is 2. The van der Waals surface area contributed by atoms with Crippen LogP contribution in [0.4, 0.5) is 5.69 Å². The molecule has 2 N–H and O–H groups in total. The fraction of sp³-hybridized carbons (Fsp3) is 0.278. The zero-order chi connectivity index (χ0) is 19.2. The fourth-order valence-electron chi connectivity index (χ4n) is 2.30. The molecule has 26 heavy (non-hydrogen) atoms. The molecule has 2 aromatic rings. The van der Waals surface area contributed by atoms with Gasteiger partial charge in [0.05, 0.1) is 24.2 Å². The van der Waals surface area contributed by atoms with Crippen LogP contribution in [-0.2, 0) is 10.0 Å². The molecule has 0 spiro atoms. The van der Waals surface area contributed by atoms with Crippen molar-refractivity contribution >= 4 is 21.6 Å². The van der Waals surface area contributed by atoms with Crippen LogP contribution in [0.2, 0.25) is 0 Å². The van der Waals surface area contributed by atoms with Gasteiger partial charge in [-0.1, -0.05) is 6.92 Å². The molecule has 0 aliphatic carbocycles. The number of benzene rings is 2. The maximum absolute atomic E-state index is 12.6. The lowest BCUT2D eigenvalue weighted by molar-refractivity contribution is 0.102. The van der Waals surface area contributed by atoms with E-state index < -0.39 is 15.9 Å². The number of carbonyl (C=O) groups is 1. The second kappa shape index (κ2) is 8.68. The Hall–Kier alpha value is -2.58. The first-order valence-corrected chi connectivity index (χ1v) is 9.61. The van der Waals surface area contributed by atoms with Crippen molar-refractivity contribution in [1.82, 2.24) is 4.72 Å². The van der Waals surface area contributed by atoms with E-state index in [4.69, 9.17) is 9.47 Å². The van der Waals surface area contributed by atoms with Crippen molar-refractivity contribution in [3.8, 4) is 11.5 Å². The van der Waals surface area contributed by atoms with E-state index in [2.05, 4.69) is 10.0 Å². The van der Waals surface area contributed by atoms with Gasteiger partial charge in [0, 0.05) is 12.2 Å². The highest BCUT2D eigenvalue weighted by Gasteiger charge is 2.19. The third-order valence-electron chi connectivity index (χ3n) is 3.48. The molecule has 0 heterocycles. The van der Waals surface area contributed by atoms with Crippen molar-refractivity contribution in [2.24, 2.45) is 0 Å². The van der Waals surface area contributed by atoms with Crippen LogP contribution in [0, 0.1) is 0 Å². The molecule has 0 saturated heterocycles. The lowest BCUT2D eigenvalue weighted by atomic mass is 10.2. The largest absolute Gasteiger partial charge is 0.496 e. The minimum absolute atomic E-state index is 0.00278. The van der Waals surface area contributed by atoms with Crippen LogP contribution in [0.15, 0.2) is 47.4 Å². The second-order valence-electron chi connectivity index (χ2n) is 5.27. The molecule has 140 valence electrons. The summed E-state index contributed by atoms with van der Waals surface area (Å²) in [6.07, 6.45) is 0. The first-order chi connectivity index (χ1) is 12.4. The summed E-state index contributed by atoms with van der Waals surface area (Å²) < 4.78 is 37.3. The number of anilines is 1. The molecule has 0 unspecified atom stereocenters. The second-order valence-corrected chi connectivity index (χ2v) is 7.04. The zero-order valence-electron chi connectivity index (χ0n) is 14.9. The number of amides is 1. The van der Waals surface area contributed by atoms with Gasteiger partial charge in [0.1, 0.15) is 11.5 Å². The first-order valence-electron chi connectivity index (χ1n) is 8.13. The summed E-state index contributed by atoms with van der Waals surface area (Å²) in [5, 5.41) is 2.72. The van der Waals surface area contributed by atoms with E-state index in [-0.39, 0.29) is 22.8 Å². The van der Waals surface area contributed by atoms with Crippen LogP contribution in [0.3, 0.4) is 0 Å². The van der Waals surface area contributed by atoms with Gasteiger partial charge in [0.25, 0.3) is 5.91 Å². The van der Waals surface area contributed by atoms with Gasteiger partial charge in [0.2, 0.25) is 10.0 Å². The number of ether oxygens (including phenoxy) is 2. The van der Waals surface area contributed by atoms with Crippen molar-refractivity contribution in [2.45, 2.75) is 18.7 Å². The zero-order valence-corrected chi connectivity index (χ0v) is 15.7. The Morgan fingerprint density at radius 2 is 1.77 bits per heavy atom. The highest BCUT2D eigenvalue weighted by Crippen LogP contribution is 2.24. The highest BCUT2D eigenvalue weighted by atomic mass is 32.2. The van der Waals surface area contributed by atoms with E-state index in [1.54, 1.807) is 31.2 Å². The molecule has 0 atom stereocenters. The number of methoxy groups -OCH3 is 1. The van der Waals surface area contributed by atoms with Crippen molar-refractivity contribution < 1.29 is 22.7 Å². The van der Waals surface area contributed by atoms with E-state index in [0.717, 1.165) is 0 Å². The maximum atomic E-state index is 12.6. The molecule has 7 nitrogen and oxygen atoms in total. The van der Waals surface area contributed by atoms with Gasteiger partial charge in [-0.2, -0.15) is 0 Å². The lowest BCUT2D eigenvalue weighted by Gasteiger charge is -2.12. The van der Waals surface area contributed by atoms with Gasteiger partial charge < -0.3 is 14.8 Å². The number of sulfonamides is 1. The highest BCUT2D eigenvalue weighted by molar-refractivity contribution is 7.89. The molecular weight excluding hydrogens is 356 g/mol. The Balaban J connectivity index is 2.29. The maximum Gasteiger partial charge on any atom is 0.259 e.